The maximum atomic E-state index is 13.2. The van der Waals surface area contributed by atoms with Gasteiger partial charge >= 0.3 is 5.97 Å². The number of hydrogen-bond donors (Lipinski definition) is 1. The van der Waals surface area contributed by atoms with Crippen LogP contribution in [-0.4, -0.2) is 23.1 Å². The van der Waals surface area contributed by atoms with Gasteiger partial charge in [-0.1, -0.05) is 60.7 Å². The average Bonchev–Trinajstić information content (AvgIpc) is 2.83. The van der Waals surface area contributed by atoms with E-state index >= 15 is 0 Å². The van der Waals surface area contributed by atoms with Crippen molar-refractivity contribution in [3.63, 3.8) is 0 Å². The molecule has 166 valence electrons. The number of benzene rings is 3. The first-order chi connectivity index (χ1) is 15.9. The van der Waals surface area contributed by atoms with Gasteiger partial charge in [-0.2, -0.15) is 0 Å². The Balaban J connectivity index is 1.68. The summed E-state index contributed by atoms with van der Waals surface area (Å²) in [5.74, 6) is -1.19. The zero-order valence-corrected chi connectivity index (χ0v) is 18.7. The van der Waals surface area contributed by atoms with Crippen LogP contribution in [0.4, 0.5) is 5.69 Å². The molecule has 0 aliphatic rings. The van der Waals surface area contributed by atoms with Gasteiger partial charge in [0.25, 0.3) is 11.5 Å². The second-order valence-corrected chi connectivity index (χ2v) is 7.87. The molecular formula is C27H24N2O4. The maximum absolute atomic E-state index is 13.2. The Kier molecular flexibility index (Phi) is 6.09. The van der Waals surface area contributed by atoms with Gasteiger partial charge in [-0.3, -0.25) is 9.59 Å². The minimum atomic E-state index is -0.740. The van der Waals surface area contributed by atoms with Gasteiger partial charge in [0.1, 0.15) is 5.69 Å². The van der Waals surface area contributed by atoms with Crippen molar-refractivity contribution in [3.8, 4) is 11.1 Å². The van der Waals surface area contributed by atoms with Crippen LogP contribution in [0.3, 0.4) is 0 Å². The van der Waals surface area contributed by atoms with Crippen LogP contribution in [0.5, 0.6) is 0 Å². The van der Waals surface area contributed by atoms with Crippen LogP contribution in [0.2, 0.25) is 0 Å². The summed E-state index contributed by atoms with van der Waals surface area (Å²) >= 11 is 0. The molecule has 0 saturated heterocycles. The molecule has 6 nitrogen and oxygen atoms in total. The fourth-order valence-corrected chi connectivity index (χ4v) is 3.87. The maximum Gasteiger partial charge on any atom is 0.356 e. The third kappa shape index (κ3) is 4.28. The van der Waals surface area contributed by atoms with E-state index in [0.29, 0.717) is 22.0 Å². The number of carbonyl (C=O) groups is 2. The Hall–Kier alpha value is -4.19. The largest absolute Gasteiger partial charge is 0.451 e. The normalized spacial score (nSPS) is 10.8. The first-order valence-electron chi connectivity index (χ1n) is 10.6. The van der Waals surface area contributed by atoms with E-state index < -0.39 is 18.5 Å². The van der Waals surface area contributed by atoms with E-state index in [4.69, 9.17) is 4.74 Å². The van der Waals surface area contributed by atoms with E-state index in [1.165, 1.54) is 11.6 Å². The fourth-order valence-electron chi connectivity index (χ4n) is 3.87. The number of ether oxygens (including phenoxy) is 1. The highest BCUT2D eigenvalue weighted by Crippen LogP contribution is 2.30. The number of pyridine rings is 1. The molecule has 0 atom stereocenters. The van der Waals surface area contributed by atoms with Gasteiger partial charge in [0, 0.05) is 23.7 Å². The Morgan fingerprint density at radius 3 is 2.27 bits per heavy atom. The number of amides is 1. The lowest BCUT2D eigenvalue weighted by atomic mass is 9.97. The van der Waals surface area contributed by atoms with Crippen molar-refractivity contribution in [2.75, 3.05) is 11.9 Å². The van der Waals surface area contributed by atoms with Gasteiger partial charge in [0.2, 0.25) is 0 Å². The molecule has 1 aromatic heterocycles. The van der Waals surface area contributed by atoms with Crippen LogP contribution in [-0.2, 0) is 16.6 Å². The summed E-state index contributed by atoms with van der Waals surface area (Å²) in [6, 6.07) is 22.1. The minimum absolute atomic E-state index is 0.101. The number of hydrogen-bond acceptors (Lipinski definition) is 4. The van der Waals surface area contributed by atoms with E-state index in [1.807, 2.05) is 68.4 Å². The van der Waals surface area contributed by atoms with Crippen molar-refractivity contribution in [1.82, 2.24) is 4.57 Å². The molecule has 0 aliphatic carbocycles. The molecule has 0 bridgehead atoms. The fraction of sp³-hybridized carbons (Fsp3) is 0.148. The standard InChI is InChI=1S/C27H24N2O4/c1-17-10-9-15-22(18(17)2)28-23(30)16-33-27(32)25-24(19-11-5-4-6-12-19)20-13-7-8-14-21(20)26(31)29(25)3/h4-15H,16H2,1-3H3,(H,28,30). The predicted octanol–water partition coefficient (Wildman–Crippen LogP) is 4.62. The molecule has 0 fully saturated rings. The molecular weight excluding hydrogens is 416 g/mol. The number of nitrogens with one attached hydrogen (secondary N) is 1. The molecule has 0 spiro atoms. The average molecular weight is 440 g/mol. The topological polar surface area (TPSA) is 77.4 Å². The third-order valence-electron chi connectivity index (χ3n) is 5.77. The molecule has 6 heteroatoms. The highest BCUT2D eigenvalue weighted by molar-refractivity contribution is 6.07. The SMILES string of the molecule is Cc1cccc(NC(=O)COC(=O)c2c(-c3ccccc3)c3ccccc3c(=O)n2C)c1C. The zero-order valence-electron chi connectivity index (χ0n) is 18.7. The van der Waals surface area contributed by atoms with Gasteiger partial charge in [-0.05, 0) is 48.1 Å². The molecule has 33 heavy (non-hydrogen) atoms. The summed E-state index contributed by atoms with van der Waals surface area (Å²) in [7, 11) is 1.54. The van der Waals surface area contributed by atoms with Crippen LogP contribution < -0.4 is 10.9 Å². The molecule has 0 radical (unpaired) electrons. The van der Waals surface area contributed by atoms with Gasteiger partial charge in [-0.25, -0.2) is 4.79 Å². The molecule has 4 rings (SSSR count). The monoisotopic (exact) mass is 440 g/mol. The van der Waals surface area contributed by atoms with E-state index in [2.05, 4.69) is 5.32 Å². The molecule has 1 amide bonds. The van der Waals surface area contributed by atoms with Crippen molar-refractivity contribution in [1.29, 1.82) is 0 Å². The van der Waals surface area contributed by atoms with Crippen molar-refractivity contribution < 1.29 is 14.3 Å². The molecule has 1 N–H and O–H groups in total. The van der Waals surface area contributed by atoms with E-state index in [-0.39, 0.29) is 11.3 Å². The molecule has 4 aromatic rings. The lowest BCUT2D eigenvalue weighted by molar-refractivity contribution is -0.119. The Labute approximate surface area is 191 Å². The molecule has 0 unspecified atom stereocenters. The first kappa shape index (κ1) is 22.0. The summed E-state index contributed by atoms with van der Waals surface area (Å²) in [6.45, 7) is 3.39. The van der Waals surface area contributed by atoms with Gasteiger partial charge in [0.15, 0.2) is 6.61 Å². The van der Waals surface area contributed by atoms with Crippen LogP contribution in [0.1, 0.15) is 21.6 Å². The van der Waals surface area contributed by atoms with E-state index in [1.54, 1.807) is 18.2 Å². The Morgan fingerprint density at radius 2 is 1.55 bits per heavy atom. The number of anilines is 1. The molecule has 1 heterocycles. The number of nitrogens with zero attached hydrogens (tertiary/aromatic N) is 1. The summed E-state index contributed by atoms with van der Waals surface area (Å²) in [4.78, 5) is 38.6. The molecule has 0 aliphatic heterocycles. The van der Waals surface area contributed by atoms with Crippen LogP contribution in [0.15, 0.2) is 77.6 Å². The highest BCUT2D eigenvalue weighted by atomic mass is 16.5. The third-order valence-corrected chi connectivity index (χ3v) is 5.77. The number of fused-ring (bicyclic) bond motifs is 1. The van der Waals surface area contributed by atoms with Crippen LogP contribution in [0, 0.1) is 13.8 Å². The summed E-state index contributed by atoms with van der Waals surface area (Å²) in [5, 5.41) is 3.93. The van der Waals surface area contributed by atoms with Crippen molar-refractivity contribution in [3.05, 3.63) is 100.0 Å². The molecule has 3 aromatic carbocycles. The van der Waals surface area contributed by atoms with Gasteiger partial charge in [-0.15, -0.1) is 0 Å². The summed E-state index contributed by atoms with van der Waals surface area (Å²) < 4.78 is 6.66. The molecule has 0 saturated carbocycles. The number of esters is 1. The Bertz CT molecular complexity index is 1420. The van der Waals surface area contributed by atoms with Crippen molar-refractivity contribution in [2.24, 2.45) is 7.05 Å². The number of carbonyl (C=O) groups excluding carboxylic acids is 2. The predicted molar refractivity (Wildman–Crippen MR) is 129 cm³/mol. The first-order valence-corrected chi connectivity index (χ1v) is 10.6. The minimum Gasteiger partial charge on any atom is -0.451 e. The summed E-state index contributed by atoms with van der Waals surface area (Å²) in [5.41, 5.74) is 3.81. The number of aryl methyl sites for hydroxylation is 1. The van der Waals surface area contributed by atoms with Crippen LogP contribution >= 0.6 is 0 Å². The quantitative estimate of drug-likeness (QED) is 0.460. The van der Waals surface area contributed by atoms with Crippen molar-refractivity contribution in [2.45, 2.75) is 13.8 Å². The lowest BCUT2D eigenvalue weighted by Gasteiger charge is -2.17. The number of rotatable bonds is 5. The summed E-state index contributed by atoms with van der Waals surface area (Å²) in [6.07, 6.45) is 0. The van der Waals surface area contributed by atoms with Gasteiger partial charge in [0.05, 0.1) is 0 Å². The number of aromatic nitrogens is 1. The smallest absolute Gasteiger partial charge is 0.356 e. The Morgan fingerprint density at radius 1 is 0.879 bits per heavy atom. The van der Waals surface area contributed by atoms with E-state index in [0.717, 1.165) is 16.7 Å². The second-order valence-electron chi connectivity index (χ2n) is 7.87. The second kappa shape index (κ2) is 9.12. The van der Waals surface area contributed by atoms with E-state index in [9.17, 15) is 14.4 Å². The van der Waals surface area contributed by atoms with Gasteiger partial charge < -0.3 is 14.6 Å². The lowest BCUT2D eigenvalue weighted by Crippen LogP contribution is -2.28. The van der Waals surface area contributed by atoms with Crippen molar-refractivity contribution >= 4 is 28.3 Å². The highest BCUT2D eigenvalue weighted by Gasteiger charge is 2.23. The van der Waals surface area contributed by atoms with Crippen LogP contribution in [0.25, 0.3) is 21.9 Å². The zero-order chi connectivity index (χ0) is 23.5.